The number of fused-ring (bicyclic) bond motifs is 1. The maximum atomic E-state index is 11.7. The highest BCUT2D eigenvalue weighted by Crippen LogP contribution is 2.37. The SMILES string of the molecule is Cc1cc2c(c(-c3ccc(OC(C)C)cc3)c1)OS(=O)(=O)NC2. The quantitative estimate of drug-likeness (QED) is 0.937. The van der Waals surface area contributed by atoms with Crippen LogP contribution < -0.4 is 13.6 Å². The predicted molar refractivity (Wildman–Crippen MR) is 88.8 cm³/mol. The van der Waals surface area contributed by atoms with Gasteiger partial charge in [0.15, 0.2) is 5.75 Å². The first-order valence-corrected chi connectivity index (χ1v) is 8.84. The molecule has 5 nitrogen and oxygen atoms in total. The summed E-state index contributed by atoms with van der Waals surface area (Å²) in [6.45, 7) is 6.15. The predicted octanol–water partition coefficient (Wildman–Crippen LogP) is 3.18. The summed E-state index contributed by atoms with van der Waals surface area (Å²) in [6, 6.07) is 11.4. The summed E-state index contributed by atoms with van der Waals surface area (Å²) in [4.78, 5) is 0. The highest BCUT2D eigenvalue weighted by atomic mass is 32.2. The summed E-state index contributed by atoms with van der Waals surface area (Å²) >= 11 is 0. The lowest BCUT2D eigenvalue weighted by molar-refractivity contribution is 0.242. The molecule has 0 aromatic heterocycles. The topological polar surface area (TPSA) is 64.6 Å². The zero-order valence-electron chi connectivity index (χ0n) is 13.3. The van der Waals surface area contributed by atoms with Gasteiger partial charge in [0.2, 0.25) is 0 Å². The standard InChI is InChI=1S/C17H19NO4S/c1-11(2)21-15-6-4-13(5-7-15)16-9-12(3)8-14-10-18-23(19,20)22-17(14)16/h4-9,11,18H,10H2,1-3H3. The van der Waals surface area contributed by atoms with Crippen LogP contribution in [-0.2, 0) is 16.8 Å². The average molecular weight is 333 g/mol. The van der Waals surface area contributed by atoms with E-state index < -0.39 is 10.3 Å². The van der Waals surface area contributed by atoms with Crippen LogP contribution in [0.1, 0.15) is 25.0 Å². The van der Waals surface area contributed by atoms with Crippen molar-refractivity contribution in [2.45, 2.75) is 33.4 Å². The van der Waals surface area contributed by atoms with Crippen molar-refractivity contribution in [2.24, 2.45) is 0 Å². The number of ether oxygens (including phenoxy) is 1. The van der Waals surface area contributed by atoms with Gasteiger partial charge in [-0.25, -0.2) is 0 Å². The summed E-state index contributed by atoms with van der Waals surface area (Å²) in [7, 11) is -3.74. The fourth-order valence-electron chi connectivity index (χ4n) is 2.58. The van der Waals surface area contributed by atoms with Gasteiger partial charge in [0, 0.05) is 17.7 Å². The van der Waals surface area contributed by atoms with Gasteiger partial charge in [-0.15, -0.1) is 0 Å². The molecule has 0 saturated carbocycles. The monoisotopic (exact) mass is 333 g/mol. The van der Waals surface area contributed by atoms with Crippen LogP contribution in [0.3, 0.4) is 0 Å². The molecule has 3 rings (SSSR count). The molecule has 2 aromatic carbocycles. The Morgan fingerprint density at radius 3 is 2.52 bits per heavy atom. The lowest BCUT2D eigenvalue weighted by Gasteiger charge is -2.21. The summed E-state index contributed by atoms with van der Waals surface area (Å²) in [5.41, 5.74) is 3.53. The molecule has 0 bridgehead atoms. The first-order valence-electron chi connectivity index (χ1n) is 7.44. The van der Waals surface area contributed by atoms with Gasteiger partial charge in [-0.2, -0.15) is 13.1 Å². The van der Waals surface area contributed by atoms with E-state index in [-0.39, 0.29) is 12.6 Å². The minimum atomic E-state index is -3.74. The second kappa shape index (κ2) is 5.86. The van der Waals surface area contributed by atoms with Crippen molar-refractivity contribution in [1.82, 2.24) is 4.72 Å². The molecular formula is C17H19NO4S. The Bertz CT molecular complexity index is 826. The maximum absolute atomic E-state index is 11.7. The molecular weight excluding hydrogens is 314 g/mol. The number of hydrogen-bond donors (Lipinski definition) is 1. The van der Waals surface area contributed by atoms with E-state index in [1.807, 2.05) is 57.2 Å². The molecule has 0 unspecified atom stereocenters. The normalized spacial score (nSPS) is 15.8. The van der Waals surface area contributed by atoms with E-state index in [9.17, 15) is 8.42 Å². The third kappa shape index (κ3) is 3.48. The van der Waals surface area contributed by atoms with E-state index in [2.05, 4.69) is 4.72 Å². The van der Waals surface area contributed by atoms with Crippen molar-refractivity contribution in [2.75, 3.05) is 0 Å². The van der Waals surface area contributed by atoms with Crippen molar-refractivity contribution < 1.29 is 17.3 Å². The smallest absolute Gasteiger partial charge is 0.382 e. The molecule has 0 fully saturated rings. The Morgan fingerprint density at radius 2 is 1.87 bits per heavy atom. The van der Waals surface area contributed by atoms with E-state index >= 15 is 0 Å². The summed E-state index contributed by atoms with van der Waals surface area (Å²) in [5.74, 6) is 1.17. The Hall–Kier alpha value is -2.05. The van der Waals surface area contributed by atoms with Crippen molar-refractivity contribution in [3.63, 3.8) is 0 Å². The summed E-state index contributed by atoms with van der Waals surface area (Å²) in [6.07, 6.45) is 0.104. The van der Waals surface area contributed by atoms with Crippen LogP contribution >= 0.6 is 0 Å². The van der Waals surface area contributed by atoms with E-state index in [0.717, 1.165) is 28.0 Å². The second-order valence-electron chi connectivity index (χ2n) is 5.85. The van der Waals surface area contributed by atoms with Gasteiger partial charge in [-0.1, -0.05) is 18.2 Å². The Balaban J connectivity index is 2.04. The highest BCUT2D eigenvalue weighted by Gasteiger charge is 2.25. The fourth-order valence-corrected chi connectivity index (χ4v) is 3.39. The minimum Gasteiger partial charge on any atom is -0.491 e. The number of hydrogen-bond acceptors (Lipinski definition) is 4. The first-order chi connectivity index (χ1) is 10.8. The molecule has 6 heteroatoms. The van der Waals surface area contributed by atoms with E-state index in [1.54, 1.807) is 0 Å². The number of benzene rings is 2. The average Bonchev–Trinajstić information content (AvgIpc) is 2.47. The van der Waals surface area contributed by atoms with Crippen LogP contribution in [0.4, 0.5) is 0 Å². The molecule has 0 radical (unpaired) electrons. The van der Waals surface area contributed by atoms with Crippen LogP contribution in [0.15, 0.2) is 36.4 Å². The number of rotatable bonds is 3. The molecule has 1 heterocycles. The van der Waals surface area contributed by atoms with Gasteiger partial charge in [-0.05, 0) is 50.1 Å². The van der Waals surface area contributed by atoms with Crippen molar-refractivity contribution in [1.29, 1.82) is 0 Å². The minimum absolute atomic E-state index is 0.104. The van der Waals surface area contributed by atoms with Gasteiger partial charge in [0.25, 0.3) is 0 Å². The van der Waals surface area contributed by atoms with Gasteiger partial charge in [0.1, 0.15) is 5.75 Å². The number of aryl methyl sites for hydroxylation is 1. The van der Waals surface area contributed by atoms with E-state index in [1.165, 1.54) is 0 Å². The van der Waals surface area contributed by atoms with Gasteiger partial charge in [0.05, 0.1) is 6.10 Å². The van der Waals surface area contributed by atoms with Crippen LogP contribution in [-0.4, -0.2) is 14.5 Å². The molecule has 0 aliphatic carbocycles. The Kier molecular flexibility index (Phi) is 4.04. The van der Waals surface area contributed by atoms with Crippen LogP contribution in [0, 0.1) is 6.92 Å². The zero-order chi connectivity index (χ0) is 16.6. The molecule has 122 valence electrons. The Labute approximate surface area is 136 Å². The van der Waals surface area contributed by atoms with Gasteiger partial charge >= 0.3 is 10.3 Å². The third-order valence-corrected chi connectivity index (χ3v) is 4.36. The Morgan fingerprint density at radius 1 is 1.17 bits per heavy atom. The summed E-state index contributed by atoms with van der Waals surface area (Å²) < 4.78 is 36.6. The number of nitrogens with one attached hydrogen (secondary N) is 1. The van der Waals surface area contributed by atoms with Crippen molar-refractivity contribution in [3.05, 3.63) is 47.5 Å². The molecule has 0 amide bonds. The molecule has 0 atom stereocenters. The zero-order valence-corrected chi connectivity index (χ0v) is 14.1. The third-order valence-electron chi connectivity index (χ3n) is 3.48. The van der Waals surface area contributed by atoms with Crippen LogP contribution in [0.5, 0.6) is 11.5 Å². The molecule has 0 spiro atoms. The largest absolute Gasteiger partial charge is 0.491 e. The van der Waals surface area contributed by atoms with Gasteiger partial charge in [-0.3, -0.25) is 0 Å². The summed E-state index contributed by atoms with van der Waals surface area (Å²) in [5, 5.41) is 0. The molecule has 2 aromatic rings. The highest BCUT2D eigenvalue weighted by molar-refractivity contribution is 7.85. The lowest BCUT2D eigenvalue weighted by Crippen LogP contribution is -2.32. The lowest BCUT2D eigenvalue weighted by atomic mass is 9.98. The molecule has 1 N–H and O–H groups in total. The fraction of sp³-hybridized carbons (Fsp3) is 0.294. The van der Waals surface area contributed by atoms with E-state index in [4.69, 9.17) is 8.92 Å². The molecule has 1 aliphatic heterocycles. The maximum Gasteiger partial charge on any atom is 0.382 e. The molecule has 1 aliphatic rings. The van der Waals surface area contributed by atoms with Crippen LogP contribution in [0.25, 0.3) is 11.1 Å². The van der Waals surface area contributed by atoms with Crippen LogP contribution in [0.2, 0.25) is 0 Å². The molecule has 0 saturated heterocycles. The first kappa shape index (κ1) is 15.8. The van der Waals surface area contributed by atoms with Crippen molar-refractivity contribution in [3.8, 4) is 22.6 Å². The van der Waals surface area contributed by atoms with Crippen molar-refractivity contribution >= 4 is 10.3 Å². The van der Waals surface area contributed by atoms with Gasteiger partial charge < -0.3 is 8.92 Å². The molecule has 23 heavy (non-hydrogen) atoms. The van der Waals surface area contributed by atoms with E-state index in [0.29, 0.717) is 5.75 Å². The second-order valence-corrected chi connectivity index (χ2v) is 7.21.